The van der Waals surface area contributed by atoms with Gasteiger partial charge in [0.25, 0.3) is 0 Å². The maximum atomic E-state index is 11.1. The Morgan fingerprint density at radius 2 is 2.12 bits per heavy atom. The summed E-state index contributed by atoms with van der Waals surface area (Å²) < 4.78 is 4.89. The summed E-state index contributed by atoms with van der Waals surface area (Å²) in [5.74, 6) is -0.877. The number of rotatable bonds is 7. The summed E-state index contributed by atoms with van der Waals surface area (Å²) in [5, 5.41) is 12.1. The van der Waals surface area contributed by atoms with Gasteiger partial charge in [-0.1, -0.05) is 12.1 Å². The average Bonchev–Trinajstić information content (AvgIpc) is 2.34. The molecule has 0 saturated heterocycles. The molecule has 17 heavy (non-hydrogen) atoms. The SMILES string of the molecule is COCCNC(C(=O)O)c1ccc(SC)cc1. The third-order valence-corrected chi connectivity index (χ3v) is 3.09. The van der Waals surface area contributed by atoms with Crippen LogP contribution in [0.4, 0.5) is 0 Å². The third-order valence-electron chi connectivity index (χ3n) is 2.35. The topological polar surface area (TPSA) is 58.6 Å². The molecule has 0 aliphatic heterocycles. The van der Waals surface area contributed by atoms with Crippen molar-refractivity contribution in [3.05, 3.63) is 29.8 Å². The molecule has 0 aliphatic carbocycles. The van der Waals surface area contributed by atoms with E-state index in [0.717, 1.165) is 10.5 Å². The maximum Gasteiger partial charge on any atom is 0.325 e. The second kappa shape index (κ2) is 7.32. The fourth-order valence-corrected chi connectivity index (χ4v) is 1.86. The number of carboxylic acids is 1. The minimum Gasteiger partial charge on any atom is -0.480 e. The lowest BCUT2D eigenvalue weighted by Gasteiger charge is -2.14. The summed E-state index contributed by atoms with van der Waals surface area (Å²) in [5.41, 5.74) is 0.756. The van der Waals surface area contributed by atoms with Gasteiger partial charge in [-0.3, -0.25) is 10.1 Å². The van der Waals surface area contributed by atoms with Crippen LogP contribution in [-0.4, -0.2) is 37.6 Å². The molecule has 1 rings (SSSR count). The smallest absolute Gasteiger partial charge is 0.325 e. The molecule has 1 unspecified atom stereocenters. The highest BCUT2D eigenvalue weighted by molar-refractivity contribution is 7.98. The van der Waals surface area contributed by atoms with E-state index in [1.165, 1.54) is 0 Å². The first-order valence-electron chi connectivity index (χ1n) is 5.28. The zero-order chi connectivity index (χ0) is 12.7. The van der Waals surface area contributed by atoms with E-state index in [2.05, 4.69) is 5.32 Å². The first kappa shape index (κ1) is 14.0. The average molecular weight is 255 g/mol. The van der Waals surface area contributed by atoms with Gasteiger partial charge in [-0.25, -0.2) is 0 Å². The number of carbonyl (C=O) groups is 1. The number of hydrogen-bond acceptors (Lipinski definition) is 4. The fraction of sp³-hybridized carbons (Fsp3) is 0.417. The van der Waals surface area contributed by atoms with Crippen molar-refractivity contribution in [2.75, 3.05) is 26.5 Å². The van der Waals surface area contributed by atoms with Crippen LogP contribution in [-0.2, 0) is 9.53 Å². The molecule has 0 heterocycles. The number of benzene rings is 1. The van der Waals surface area contributed by atoms with Gasteiger partial charge < -0.3 is 9.84 Å². The minimum absolute atomic E-state index is 0.493. The van der Waals surface area contributed by atoms with Gasteiger partial charge in [0.2, 0.25) is 0 Å². The molecule has 0 aliphatic rings. The molecule has 0 fully saturated rings. The molecule has 0 bridgehead atoms. The molecule has 1 aromatic rings. The second-order valence-corrected chi connectivity index (χ2v) is 4.37. The molecule has 0 radical (unpaired) electrons. The van der Waals surface area contributed by atoms with Crippen LogP contribution in [0, 0.1) is 0 Å². The van der Waals surface area contributed by atoms with Crippen molar-refractivity contribution in [3.8, 4) is 0 Å². The van der Waals surface area contributed by atoms with Crippen LogP contribution in [0.25, 0.3) is 0 Å². The van der Waals surface area contributed by atoms with Gasteiger partial charge in [0.05, 0.1) is 6.61 Å². The van der Waals surface area contributed by atoms with Gasteiger partial charge in [0.1, 0.15) is 6.04 Å². The standard InChI is InChI=1S/C12H17NO3S/c1-16-8-7-13-11(12(14)15)9-3-5-10(17-2)6-4-9/h3-6,11,13H,7-8H2,1-2H3,(H,14,15). The van der Waals surface area contributed by atoms with E-state index in [4.69, 9.17) is 9.84 Å². The Kier molecular flexibility index (Phi) is 6.04. The lowest BCUT2D eigenvalue weighted by atomic mass is 10.1. The van der Waals surface area contributed by atoms with E-state index in [-0.39, 0.29) is 0 Å². The number of aliphatic carboxylic acids is 1. The van der Waals surface area contributed by atoms with E-state index in [9.17, 15) is 4.79 Å². The molecule has 0 spiro atoms. The van der Waals surface area contributed by atoms with Crippen molar-refractivity contribution in [1.29, 1.82) is 0 Å². The van der Waals surface area contributed by atoms with Crippen LogP contribution in [0.5, 0.6) is 0 Å². The van der Waals surface area contributed by atoms with E-state index in [0.29, 0.717) is 13.2 Å². The highest BCUT2D eigenvalue weighted by atomic mass is 32.2. The Balaban J connectivity index is 2.71. The molecule has 0 amide bonds. The Bertz CT molecular complexity index is 353. The number of thioether (sulfide) groups is 1. The van der Waals surface area contributed by atoms with E-state index >= 15 is 0 Å². The van der Waals surface area contributed by atoms with Crippen molar-refractivity contribution in [2.24, 2.45) is 0 Å². The molecule has 0 aromatic heterocycles. The number of hydrogen-bond donors (Lipinski definition) is 2. The van der Waals surface area contributed by atoms with E-state index < -0.39 is 12.0 Å². The van der Waals surface area contributed by atoms with Crippen molar-refractivity contribution in [1.82, 2.24) is 5.32 Å². The van der Waals surface area contributed by atoms with E-state index in [1.807, 2.05) is 30.5 Å². The van der Waals surface area contributed by atoms with Crippen LogP contribution < -0.4 is 5.32 Å². The summed E-state index contributed by atoms with van der Waals surface area (Å²) in [7, 11) is 1.59. The Morgan fingerprint density at radius 1 is 1.47 bits per heavy atom. The predicted molar refractivity (Wildman–Crippen MR) is 68.5 cm³/mol. The highest BCUT2D eigenvalue weighted by Crippen LogP contribution is 2.19. The Hall–Kier alpha value is -1.04. The number of methoxy groups -OCH3 is 1. The van der Waals surface area contributed by atoms with Crippen molar-refractivity contribution in [3.63, 3.8) is 0 Å². The molecule has 5 heteroatoms. The molecule has 1 atom stereocenters. The molecular weight excluding hydrogens is 238 g/mol. The fourth-order valence-electron chi connectivity index (χ4n) is 1.45. The number of nitrogens with one attached hydrogen (secondary N) is 1. The molecule has 94 valence electrons. The van der Waals surface area contributed by atoms with Gasteiger partial charge in [-0.15, -0.1) is 11.8 Å². The van der Waals surface area contributed by atoms with E-state index in [1.54, 1.807) is 18.9 Å². The first-order chi connectivity index (χ1) is 8.19. The van der Waals surface area contributed by atoms with Crippen LogP contribution in [0.3, 0.4) is 0 Å². The van der Waals surface area contributed by atoms with Gasteiger partial charge in [-0.05, 0) is 24.0 Å². The summed E-state index contributed by atoms with van der Waals surface area (Å²) >= 11 is 1.63. The minimum atomic E-state index is -0.877. The summed E-state index contributed by atoms with van der Waals surface area (Å²) in [6, 6.07) is 6.84. The highest BCUT2D eigenvalue weighted by Gasteiger charge is 2.18. The van der Waals surface area contributed by atoms with Crippen LogP contribution in [0.2, 0.25) is 0 Å². The predicted octanol–water partition coefficient (Wildman–Crippen LogP) is 1.77. The van der Waals surface area contributed by atoms with Gasteiger partial charge in [0.15, 0.2) is 0 Å². The molecule has 4 nitrogen and oxygen atoms in total. The molecule has 2 N–H and O–H groups in total. The van der Waals surface area contributed by atoms with Crippen LogP contribution in [0.15, 0.2) is 29.2 Å². The summed E-state index contributed by atoms with van der Waals surface area (Å²) in [6.07, 6.45) is 1.99. The first-order valence-corrected chi connectivity index (χ1v) is 6.50. The zero-order valence-corrected chi connectivity index (χ0v) is 10.8. The lowest BCUT2D eigenvalue weighted by molar-refractivity contribution is -0.139. The maximum absolute atomic E-state index is 11.1. The summed E-state index contributed by atoms with van der Waals surface area (Å²) in [6.45, 7) is 1.00. The normalized spacial score (nSPS) is 12.4. The van der Waals surface area contributed by atoms with Crippen LogP contribution >= 0.6 is 11.8 Å². The molecule has 0 saturated carbocycles. The van der Waals surface area contributed by atoms with Crippen molar-refractivity contribution < 1.29 is 14.6 Å². The van der Waals surface area contributed by atoms with Gasteiger partial charge >= 0.3 is 5.97 Å². The third kappa shape index (κ3) is 4.38. The molecular formula is C12H17NO3S. The quantitative estimate of drug-likeness (QED) is 0.574. The number of carboxylic acid groups (broad SMARTS) is 1. The Labute approximate surface area is 105 Å². The van der Waals surface area contributed by atoms with Crippen molar-refractivity contribution in [2.45, 2.75) is 10.9 Å². The zero-order valence-electron chi connectivity index (χ0n) is 9.97. The van der Waals surface area contributed by atoms with Crippen LogP contribution in [0.1, 0.15) is 11.6 Å². The Morgan fingerprint density at radius 3 is 2.59 bits per heavy atom. The van der Waals surface area contributed by atoms with Crippen molar-refractivity contribution >= 4 is 17.7 Å². The lowest BCUT2D eigenvalue weighted by Crippen LogP contribution is -2.30. The number of ether oxygens (including phenoxy) is 1. The monoisotopic (exact) mass is 255 g/mol. The largest absolute Gasteiger partial charge is 0.480 e. The van der Waals surface area contributed by atoms with Gasteiger partial charge in [0, 0.05) is 18.6 Å². The molecule has 1 aromatic carbocycles. The second-order valence-electron chi connectivity index (χ2n) is 3.49. The summed E-state index contributed by atoms with van der Waals surface area (Å²) in [4.78, 5) is 12.3. The van der Waals surface area contributed by atoms with Gasteiger partial charge in [-0.2, -0.15) is 0 Å².